The summed E-state index contributed by atoms with van der Waals surface area (Å²) < 4.78 is 5.18. The quantitative estimate of drug-likeness (QED) is 0.925. The molecule has 0 spiro atoms. The van der Waals surface area contributed by atoms with E-state index in [-0.39, 0.29) is 29.7 Å². The van der Waals surface area contributed by atoms with Crippen LogP contribution >= 0.6 is 0 Å². The van der Waals surface area contributed by atoms with Gasteiger partial charge in [-0.3, -0.25) is 9.59 Å². The average Bonchev–Trinajstić information content (AvgIpc) is 2.96. The summed E-state index contributed by atoms with van der Waals surface area (Å²) in [5.41, 5.74) is 0.355. The lowest BCUT2D eigenvalue weighted by Crippen LogP contribution is -2.44. The minimum Gasteiger partial charge on any atom is -0.360 e. The fourth-order valence-corrected chi connectivity index (χ4v) is 2.57. The van der Waals surface area contributed by atoms with E-state index >= 15 is 0 Å². The first-order valence-corrected chi connectivity index (χ1v) is 7.94. The van der Waals surface area contributed by atoms with E-state index in [1.807, 2.05) is 27.7 Å². The zero-order valence-electron chi connectivity index (χ0n) is 13.8. The third kappa shape index (κ3) is 3.87. The predicted molar refractivity (Wildman–Crippen MR) is 82.5 cm³/mol. The van der Waals surface area contributed by atoms with Crippen LogP contribution in [0.4, 0.5) is 0 Å². The number of aromatic nitrogens is 1. The van der Waals surface area contributed by atoms with Crippen molar-refractivity contribution in [1.82, 2.24) is 15.4 Å². The van der Waals surface area contributed by atoms with Crippen molar-refractivity contribution in [3.05, 3.63) is 17.5 Å². The molecule has 1 aliphatic rings. The zero-order valence-corrected chi connectivity index (χ0v) is 13.8. The second kappa shape index (κ2) is 6.94. The molecule has 0 atom stereocenters. The number of amides is 2. The van der Waals surface area contributed by atoms with Crippen LogP contribution < -0.4 is 5.32 Å². The van der Waals surface area contributed by atoms with Gasteiger partial charge in [0.15, 0.2) is 5.69 Å². The summed E-state index contributed by atoms with van der Waals surface area (Å²) in [5.74, 6) is 0.896. The number of hydrogen-bond acceptors (Lipinski definition) is 4. The van der Waals surface area contributed by atoms with Crippen molar-refractivity contribution in [2.24, 2.45) is 5.92 Å². The van der Waals surface area contributed by atoms with Crippen molar-refractivity contribution in [3.8, 4) is 0 Å². The van der Waals surface area contributed by atoms with Gasteiger partial charge in [0, 0.05) is 37.0 Å². The Kier molecular flexibility index (Phi) is 5.21. The number of likely N-dealkylation sites (tertiary alicyclic amines) is 1. The van der Waals surface area contributed by atoms with Crippen LogP contribution in [0.15, 0.2) is 10.6 Å². The lowest BCUT2D eigenvalue weighted by Gasteiger charge is -2.31. The van der Waals surface area contributed by atoms with Gasteiger partial charge in [-0.15, -0.1) is 0 Å². The minimum absolute atomic E-state index is 0.00464. The van der Waals surface area contributed by atoms with Crippen molar-refractivity contribution in [1.29, 1.82) is 0 Å². The minimum atomic E-state index is -0.113. The van der Waals surface area contributed by atoms with E-state index in [0.29, 0.717) is 31.6 Å². The van der Waals surface area contributed by atoms with Gasteiger partial charge in [0.1, 0.15) is 5.76 Å². The standard InChI is InChI=1S/C16H25N3O3/c1-10(2)14-9-13(18-22-14)16(21)19-7-5-12(6-8-19)15(20)17-11(3)4/h9-12H,5-8H2,1-4H3,(H,17,20). The molecule has 22 heavy (non-hydrogen) atoms. The Morgan fingerprint density at radius 2 is 1.91 bits per heavy atom. The maximum absolute atomic E-state index is 12.4. The molecule has 0 saturated carbocycles. The van der Waals surface area contributed by atoms with Crippen LogP contribution in [0.5, 0.6) is 0 Å². The third-order valence-electron chi connectivity index (χ3n) is 3.90. The van der Waals surface area contributed by atoms with Gasteiger partial charge in [0.25, 0.3) is 5.91 Å². The Morgan fingerprint density at radius 3 is 2.41 bits per heavy atom. The highest BCUT2D eigenvalue weighted by Crippen LogP contribution is 2.21. The Balaban J connectivity index is 1.90. The van der Waals surface area contributed by atoms with Gasteiger partial charge in [-0.05, 0) is 26.7 Å². The average molecular weight is 307 g/mol. The summed E-state index contributed by atoms with van der Waals surface area (Å²) in [5, 5.41) is 6.79. The van der Waals surface area contributed by atoms with Crippen molar-refractivity contribution in [2.75, 3.05) is 13.1 Å². The molecule has 2 heterocycles. The van der Waals surface area contributed by atoms with Gasteiger partial charge in [0.2, 0.25) is 5.91 Å². The fraction of sp³-hybridized carbons (Fsp3) is 0.688. The molecule has 1 aromatic rings. The van der Waals surface area contributed by atoms with Crippen LogP contribution in [0, 0.1) is 5.92 Å². The summed E-state index contributed by atoms with van der Waals surface area (Å²) >= 11 is 0. The molecule has 0 aliphatic carbocycles. The van der Waals surface area contributed by atoms with Crippen LogP contribution in [-0.4, -0.2) is 41.0 Å². The molecule has 2 amide bonds. The van der Waals surface area contributed by atoms with Gasteiger partial charge >= 0.3 is 0 Å². The topological polar surface area (TPSA) is 75.4 Å². The molecule has 6 nitrogen and oxygen atoms in total. The van der Waals surface area contributed by atoms with Crippen molar-refractivity contribution >= 4 is 11.8 Å². The first-order chi connectivity index (χ1) is 10.4. The lowest BCUT2D eigenvalue weighted by atomic mass is 9.95. The highest BCUT2D eigenvalue weighted by Gasteiger charge is 2.29. The molecular weight excluding hydrogens is 282 g/mol. The Morgan fingerprint density at radius 1 is 1.27 bits per heavy atom. The van der Waals surface area contributed by atoms with Gasteiger partial charge in [-0.2, -0.15) is 0 Å². The second-order valence-corrected chi connectivity index (χ2v) is 6.50. The fourth-order valence-electron chi connectivity index (χ4n) is 2.57. The predicted octanol–water partition coefficient (Wildman–Crippen LogP) is 2.17. The van der Waals surface area contributed by atoms with E-state index in [1.54, 1.807) is 11.0 Å². The summed E-state index contributed by atoms with van der Waals surface area (Å²) in [6.45, 7) is 9.06. The molecule has 1 aromatic heterocycles. The number of carbonyl (C=O) groups is 2. The van der Waals surface area contributed by atoms with Crippen molar-refractivity contribution in [2.45, 2.75) is 52.5 Å². The van der Waals surface area contributed by atoms with E-state index in [9.17, 15) is 9.59 Å². The van der Waals surface area contributed by atoms with Gasteiger partial charge in [-0.1, -0.05) is 19.0 Å². The third-order valence-corrected chi connectivity index (χ3v) is 3.90. The van der Waals surface area contributed by atoms with Crippen LogP contribution in [0.3, 0.4) is 0 Å². The van der Waals surface area contributed by atoms with E-state index in [0.717, 1.165) is 5.76 Å². The second-order valence-electron chi connectivity index (χ2n) is 6.50. The van der Waals surface area contributed by atoms with E-state index in [4.69, 9.17) is 4.52 Å². The smallest absolute Gasteiger partial charge is 0.276 e. The van der Waals surface area contributed by atoms with Crippen molar-refractivity contribution in [3.63, 3.8) is 0 Å². The molecule has 0 aromatic carbocycles. The Hall–Kier alpha value is -1.85. The van der Waals surface area contributed by atoms with Crippen LogP contribution in [0.2, 0.25) is 0 Å². The van der Waals surface area contributed by atoms with Gasteiger partial charge in [0.05, 0.1) is 0 Å². The van der Waals surface area contributed by atoms with Gasteiger partial charge in [-0.25, -0.2) is 0 Å². The lowest BCUT2D eigenvalue weighted by molar-refractivity contribution is -0.126. The van der Waals surface area contributed by atoms with E-state index in [1.165, 1.54) is 0 Å². The molecule has 6 heteroatoms. The SMILES string of the molecule is CC(C)NC(=O)C1CCN(C(=O)c2cc(C(C)C)on2)CC1. The number of nitrogens with zero attached hydrogens (tertiary/aromatic N) is 2. The molecular formula is C16H25N3O3. The molecule has 2 rings (SSSR count). The largest absolute Gasteiger partial charge is 0.360 e. The van der Waals surface area contributed by atoms with Crippen molar-refractivity contribution < 1.29 is 14.1 Å². The van der Waals surface area contributed by atoms with Crippen LogP contribution in [0.25, 0.3) is 0 Å². The van der Waals surface area contributed by atoms with Crippen LogP contribution in [-0.2, 0) is 4.79 Å². The zero-order chi connectivity index (χ0) is 16.3. The Bertz CT molecular complexity index is 528. The molecule has 0 radical (unpaired) electrons. The number of hydrogen-bond donors (Lipinski definition) is 1. The van der Waals surface area contributed by atoms with Gasteiger partial charge < -0.3 is 14.7 Å². The molecule has 1 saturated heterocycles. The molecule has 0 unspecified atom stereocenters. The molecule has 0 bridgehead atoms. The first kappa shape index (κ1) is 16.5. The summed E-state index contributed by atoms with van der Waals surface area (Å²) in [4.78, 5) is 26.1. The normalized spacial score (nSPS) is 16.4. The van der Waals surface area contributed by atoms with E-state index in [2.05, 4.69) is 10.5 Å². The number of nitrogens with one attached hydrogen (secondary N) is 1. The number of carbonyl (C=O) groups excluding carboxylic acids is 2. The highest BCUT2D eigenvalue weighted by atomic mass is 16.5. The molecule has 1 N–H and O–H groups in total. The summed E-state index contributed by atoms with van der Waals surface area (Å²) in [7, 11) is 0. The van der Waals surface area contributed by atoms with Crippen LogP contribution in [0.1, 0.15) is 62.7 Å². The molecule has 1 aliphatic heterocycles. The number of rotatable bonds is 4. The van der Waals surface area contributed by atoms with E-state index < -0.39 is 0 Å². The summed E-state index contributed by atoms with van der Waals surface area (Å²) in [6, 6.07) is 1.86. The maximum Gasteiger partial charge on any atom is 0.276 e. The molecule has 122 valence electrons. The summed E-state index contributed by atoms with van der Waals surface area (Å²) in [6.07, 6.45) is 1.39. The monoisotopic (exact) mass is 307 g/mol. The first-order valence-electron chi connectivity index (χ1n) is 7.94. The number of piperidine rings is 1. The highest BCUT2D eigenvalue weighted by molar-refractivity contribution is 5.92. The maximum atomic E-state index is 12.4. The Labute approximate surface area is 131 Å². The molecule has 1 fully saturated rings.